The minimum atomic E-state index is 0.0397. The molecule has 4 atom stereocenters. The van der Waals surface area contributed by atoms with Crippen LogP contribution in [0.15, 0.2) is 60.7 Å². The molecule has 2 heterocycles. The number of allylic oxidation sites excluding steroid dienone is 4. The summed E-state index contributed by atoms with van der Waals surface area (Å²) in [6.07, 6.45) is 17.7. The monoisotopic (exact) mass is 386 g/mol. The molecular weight excluding hydrogens is 371 g/mol. The minimum absolute atomic E-state index is 0.0397. The van der Waals surface area contributed by atoms with Crippen LogP contribution in [0.4, 0.5) is 11.4 Å². The average Bonchev–Trinajstić information content (AvgIpc) is 3.02. The molecular formula is C18H15IN2. The van der Waals surface area contributed by atoms with Gasteiger partial charge in [0.1, 0.15) is 0 Å². The molecule has 0 saturated heterocycles. The lowest BCUT2D eigenvalue weighted by Crippen LogP contribution is -2.30. The zero-order valence-corrected chi connectivity index (χ0v) is 13.5. The van der Waals surface area contributed by atoms with Crippen LogP contribution in [-0.2, 0) is 3.42 Å². The number of nitrogens with one attached hydrogen (secondary N) is 2. The fourth-order valence-electron chi connectivity index (χ4n) is 3.91. The fraction of sp³-hybridized carbons (Fsp3) is 0.222. The molecule has 1 aromatic rings. The van der Waals surface area contributed by atoms with E-state index in [1.54, 1.807) is 0 Å². The van der Waals surface area contributed by atoms with Crippen molar-refractivity contribution in [3.05, 3.63) is 71.9 Å². The van der Waals surface area contributed by atoms with Gasteiger partial charge in [0, 0.05) is 5.92 Å². The Morgan fingerprint density at radius 3 is 2.71 bits per heavy atom. The lowest BCUT2D eigenvalue weighted by atomic mass is 9.88. The zero-order valence-electron chi connectivity index (χ0n) is 11.4. The van der Waals surface area contributed by atoms with Crippen molar-refractivity contribution in [1.29, 1.82) is 0 Å². The van der Waals surface area contributed by atoms with Crippen LogP contribution in [0.1, 0.15) is 17.0 Å². The van der Waals surface area contributed by atoms with Crippen molar-refractivity contribution in [3.63, 3.8) is 0 Å². The first-order valence-corrected chi connectivity index (χ1v) is 8.46. The van der Waals surface area contributed by atoms with Gasteiger partial charge >= 0.3 is 0 Å². The lowest BCUT2D eigenvalue weighted by Gasteiger charge is -2.26. The first-order chi connectivity index (χ1) is 10.3. The Labute approximate surface area is 137 Å². The second-order valence-corrected chi connectivity index (χ2v) is 7.84. The lowest BCUT2D eigenvalue weighted by molar-refractivity contribution is 0.773. The smallest absolute Gasteiger partial charge is 0.0910 e. The van der Waals surface area contributed by atoms with Gasteiger partial charge in [-0.3, -0.25) is 0 Å². The Morgan fingerprint density at radius 2 is 1.76 bits per heavy atom. The summed E-state index contributed by atoms with van der Waals surface area (Å²) in [6.45, 7) is 0. The average molecular weight is 386 g/mol. The predicted octanol–water partition coefficient (Wildman–Crippen LogP) is 4.24. The molecule has 1 aromatic carbocycles. The molecule has 4 unspecified atom stereocenters. The third-order valence-corrected chi connectivity index (χ3v) is 6.57. The van der Waals surface area contributed by atoms with E-state index in [-0.39, 0.29) is 3.42 Å². The van der Waals surface area contributed by atoms with Gasteiger partial charge in [0.25, 0.3) is 0 Å². The molecule has 5 rings (SSSR count). The van der Waals surface area contributed by atoms with Gasteiger partial charge in [0.15, 0.2) is 0 Å². The summed E-state index contributed by atoms with van der Waals surface area (Å²) in [6, 6.07) is 5.37. The highest BCUT2D eigenvalue weighted by atomic mass is 127. The second kappa shape index (κ2) is 4.03. The largest absolute Gasteiger partial charge is 0.376 e. The Balaban J connectivity index is 1.70. The summed E-state index contributed by atoms with van der Waals surface area (Å²) in [5.74, 6) is 0.468. The van der Waals surface area contributed by atoms with Crippen LogP contribution in [0.3, 0.4) is 0 Å². The van der Waals surface area contributed by atoms with Gasteiger partial charge in [-0.15, -0.1) is 0 Å². The van der Waals surface area contributed by atoms with E-state index >= 15 is 0 Å². The maximum Gasteiger partial charge on any atom is 0.0910 e. The van der Waals surface area contributed by atoms with Crippen LogP contribution >= 0.6 is 22.6 Å². The van der Waals surface area contributed by atoms with Gasteiger partial charge in [-0.25, -0.2) is 0 Å². The van der Waals surface area contributed by atoms with Crippen LogP contribution in [0.2, 0.25) is 0 Å². The van der Waals surface area contributed by atoms with Crippen molar-refractivity contribution in [1.82, 2.24) is 0 Å². The molecule has 104 valence electrons. The summed E-state index contributed by atoms with van der Waals surface area (Å²) in [5.41, 5.74) is 5.40. The van der Waals surface area contributed by atoms with E-state index in [1.807, 2.05) is 0 Å². The molecule has 0 spiro atoms. The quantitative estimate of drug-likeness (QED) is 0.515. The topological polar surface area (TPSA) is 24.1 Å². The van der Waals surface area contributed by atoms with Crippen LogP contribution < -0.4 is 10.6 Å². The molecule has 2 aliphatic heterocycles. The van der Waals surface area contributed by atoms with Gasteiger partial charge in [0.05, 0.1) is 26.9 Å². The van der Waals surface area contributed by atoms with Crippen molar-refractivity contribution in [2.75, 3.05) is 10.6 Å². The number of rotatable bonds is 0. The summed E-state index contributed by atoms with van der Waals surface area (Å²) in [7, 11) is 0. The first-order valence-electron chi connectivity index (χ1n) is 7.38. The number of halogens is 1. The van der Waals surface area contributed by atoms with Crippen molar-refractivity contribution in [2.24, 2.45) is 0 Å². The van der Waals surface area contributed by atoms with Crippen molar-refractivity contribution < 1.29 is 0 Å². The SMILES string of the molecule is IC12C=CC=CC1Nc1c2ccc2c1NC1C=CC=CC21. The molecule has 0 saturated carbocycles. The third kappa shape index (κ3) is 1.47. The molecule has 0 bridgehead atoms. The van der Waals surface area contributed by atoms with E-state index in [9.17, 15) is 0 Å². The molecule has 0 fully saturated rings. The van der Waals surface area contributed by atoms with Gasteiger partial charge in [-0.1, -0.05) is 83.3 Å². The highest BCUT2D eigenvalue weighted by Gasteiger charge is 2.45. The summed E-state index contributed by atoms with van der Waals surface area (Å²) >= 11 is 2.58. The molecule has 0 radical (unpaired) electrons. The second-order valence-electron chi connectivity index (χ2n) is 6.05. The summed E-state index contributed by atoms with van der Waals surface area (Å²) in [5, 5.41) is 7.44. The number of alkyl halides is 1. The molecule has 0 amide bonds. The molecule has 21 heavy (non-hydrogen) atoms. The summed E-state index contributed by atoms with van der Waals surface area (Å²) < 4.78 is 0.0397. The van der Waals surface area contributed by atoms with E-state index < -0.39 is 0 Å². The van der Waals surface area contributed by atoms with Gasteiger partial charge in [-0.05, 0) is 11.1 Å². The Hall–Kier alpha value is -1.49. The Kier molecular flexibility index (Phi) is 2.32. The van der Waals surface area contributed by atoms with Crippen LogP contribution in [0.5, 0.6) is 0 Å². The zero-order chi connectivity index (χ0) is 14.0. The fourth-order valence-corrected chi connectivity index (χ4v) is 4.93. The summed E-state index contributed by atoms with van der Waals surface area (Å²) in [4.78, 5) is 0. The molecule has 2 nitrogen and oxygen atoms in total. The number of benzene rings is 1. The molecule has 0 aromatic heterocycles. The van der Waals surface area contributed by atoms with Crippen molar-refractivity contribution in [3.8, 4) is 0 Å². The highest BCUT2D eigenvalue weighted by molar-refractivity contribution is 14.1. The first kappa shape index (κ1) is 12.1. The van der Waals surface area contributed by atoms with E-state index in [0.717, 1.165) is 0 Å². The van der Waals surface area contributed by atoms with Crippen LogP contribution in [-0.4, -0.2) is 12.1 Å². The predicted molar refractivity (Wildman–Crippen MR) is 96.3 cm³/mol. The van der Waals surface area contributed by atoms with Gasteiger partial charge < -0.3 is 10.6 Å². The minimum Gasteiger partial charge on any atom is -0.376 e. The molecule has 2 aliphatic carbocycles. The van der Waals surface area contributed by atoms with Crippen LogP contribution in [0.25, 0.3) is 0 Å². The number of fused-ring (bicyclic) bond motifs is 7. The van der Waals surface area contributed by atoms with E-state index in [2.05, 4.69) is 94.0 Å². The maximum atomic E-state index is 3.73. The number of hydrogen-bond acceptors (Lipinski definition) is 2. The van der Waals surface area contributed by atoms with Gasteiger partial charge in [-0.2, -0.15) is 0 Å². The number of anilines is 2. The normalized spacial score (nSPS) is 36.5. The van der Waals surface area contributed by atoms with E-state index in [4.69, 9.17) is 0 Å². The highest BCUT2D eigenvalue weighted by Crippen LogP contribution is 2.55. The van der Waals surface area contributed by atoms with Gasteiger partial charge in [0.2, 0.25) is 0 Å². The molecule has 2 N–H and O–H groups in total. The Bertz CT molecular complexity index is 759. The molecule has 4 aliphatic rings. The van der Waals surface area contributed by atoms with Crippen LogP contribution in [0, 0.1) is 0 Å². The van der Waals surface area contributed by atoms with E-state index in [1.165, 1.54) is 22.5 Å². The van der Waals surface area contributed by atoms with Crippen molar-refractivity contribution >= 4 is 34.0 Å². The number of hydrogen-bond donors (Lipinski definition) is 2. The van der Waals surface area contributed by atoms with Crippen molar-refractivity contribution in [2.45, 2.75) is 21.4 Å². The maximum absolute atomic E-state index is 3.73. The van der Waals surface area contributed by atoms with E-state index in [0.29, 0.717) is 18.0 Å². The standard InChI is InChI=1S/C18H15IN2/c19-18-10-4-3-7-15(18)21-17-13(18)9-8-12-11-5-1-2-6-14(11)20-16(12)17/h1-11,14-15,20-21H. The Morgan fingerprint density at radius 1 is 0.905 bits per heavy atom. The molecule has 3 heteroatoms. The third-order valence-electron chi connectivity index (χ3n) is 4.96.